The van der Waals surface area contributed by atoms with Crippen LogP contribution in [0.5, 0.6) is 0 Å². The quantitative estimate of drug-likeness (QED) is 0.652. The van der Waals surface area contributed by atoms with Gasteiger partial charge in [-0.15, -0.1) is 10.2 Å². The molecule has 8 nitrogen and oxygen atoms in total. The third-order valence-electron chi connectivity index (χ3n) is 5.30. The summed E-state index contributed by atoms with van der Waals surface area (Å²) in [4.78, 5) is 22.3. The fourth-order valence-corrected chi connectivity index (χ4v) is 4.75. The van der Waals surface area contributed by atoms with Gasteiger partial charge >= 0.3 is 0 Å². The Morgan fingerprint density at radius 1 is 1.18 bits per heavy atom. The lowest BCUT2D eigenvalue weighted by Crippen LogP contribution is -2.43. The molecule has 146 valence electrons. The molecule has 2 aliphatic heterocycles. The van der Waals surface area contributed by atoms with Gasteiger partial charge in [0.05, 0.1) is 23.4 Å². The Balaban J connectivity index is 1.45. The first-order valence-corrected chi connectivity index (χ1v) is 10.5. The van der Waals surface area contributed by atoms with Crippen LogP contribution in [0.3, 0.4) is 0 Å². The number of fused-ring (bicyclic) bond motifs is 2. The Labute approximate surface area is 166 Å². The largest absolute Gasteiger partial charge is 0.379 e. The van der Waals surface area contributed by atoms with Gasteiger partial charge in [-0.3, -0.25) is 14.6 Å². The number of nitrogens with zero attached hydrogens (tertiary/aromatic N) is 6. The first-order valence-electron chi connectivity index (χ1n) is 9.69. The van der Waals surface area contributed by atoms with Gasteiger partial charge in [-0.1, -0.05) is 23.5 Å². The summed E-state index contributed by atoms with van der Waals surface area (Å²) in [7, 11) is 0. The van der Waals surface area contributed by atoms with Crippen molar-refractivity contribution < 1.29 is 9.53 Å². The van der Waals surface area contributed by atoms with E-state index in [0.717, 1.165) is 73.4 Å². The second-order valence-electron chi connectivity index (χ2n) is 7.07. The lowest BCUT2D eigenvalue weighted by molar-refractivity contribution is 0.0390. The number of anilines is 1. The third-order valence-corrected chi connectivity index (χ3v) is 6.36. The highest BCUT2D eigenvalue weighted by Crippen LogP contribution is 2.29. The highest BCUT2D eigenvalue weighted by atomic mass is 32.1. The highest BCUT2D eigenvalue weighted by molar-refractivity contribution is 7.22. The molecule has 0 atom stereocenters. The second-order valence-corrected chi connectivity index (χ2v) is 8.08. The second kappa shape index (κ2) is 7.57. The molecular weight excluding hydrogens is 376 g/mol. The molecule has 5 rings (SSSR count). The molecule has 1 aromatic carbocycles. The van der Waals surface area contributed by atoms with Crippen molar-refractivity contribution in [1.29, 1.82) is 0 Å². The van der Waals surface area contributed by atoms with E-state index in [1.165, 1.54) is 0 Å². The zero-order valence-corrected chi connectivity index (χ0v) is 16.4. The fraction of sp³-hybridized carbons (Fsp3) is 0.474. The van der Waals surface area contributed by atoms with Crippen molar-refractivity contribution in [1.82, 2.24) is 24.6 Å². The van der Waals surface area contributed by atoms with Crippen molar-refractivity contribution >= 4 is 32.6 Å². The van der Waals surface area contributed by atoms with Crippen LogP contribution in [0.4, 0.5) is 5.13 Å². The van der Waals surface area contributed by atoms with E-state index in [2.05, 4.69) is 15.1 Å². The van der Waals surface area contributed by atoms with Gasteiger partial charge in [-0.25, -0.2) is 4.98 Å². The Bertz CT molecular complexity index is 960. The summed E-state index contributed by atoms with van der Waals surface area (Å²) in [5, 5.41) is 9.12. The van der Waals surface area contributed by atoms with E-state index in [0.29, 0.717) is 12.4 Å². The zero-order chi connectivity index (χ0) is 18.9. The van der Waals surface area contributed by atoms with Gasteiger partial charge in [0, 0.05) is 39.1 Å². The fourth-order valence-electron chi connectivity index (χ4n) is 3.76. The lowest BCUT2D eigenvalue weighted by Gasteiger charge is -2.29. The molecule has 1 saturated heterocycles. The molecule has 1 amide bonds. The van der Waals surface area contributed by atoms with Gasteiger partial charge < -0.3 is 9.30 Å². The van der Waals surface area contributed by atoms with E-state index in [1.54, 1.807) is 16.2 Å². The van der Waals surface area contributed by atoms with Crippen LogP contribution in [0, 0.1) is 0 Å². The summed E-state index contributed by atoms with van der Waals surface area (Å²) in [5.41, 5.74) is 0.915. The van der Waals surface area contributed by atoms with Gasteiger partial charge in [-0.05, 0) is 18.6 Å². The van der Waals surface area contributed by atoms with Crippen molar-refractivity contribution in [3.8, 4) is 0 Å². The number of aryl methyl sites for hydroxylation is 1. The van der Waals surface area contributed by atoms with E-state index < -0.39 is 0 Å². The minimum atomic E-state index is -0.118. The van der Waals surface area contributed by atoms with Crippen LogP contribution in [0.1, 0.15) is 22.9 Å². The maximum Gasteiger partial charge on any atom is 0.298 e. The Hall–Kier alpha value is -2.36. The standard InChI is InChI=1S/C19H22N6O2S/c26-18(17-22-21-16-6-3-7-24(16)17)25(9-8-23-10-12-27-13-11-23)19-20-14-4-1-2-5-15(14)28-19/h1-2,4-5H,3,6-13H2. The van der Waals surface area contributed by atoms with Crippen LogP contribution in [-0.4, -0.2) is 69.9 Å². The van der Waals surface area contributed by atoms with Crippen LogP contribution in [0.25, 0.3) is 10.2 Å². The summed E-state index contributed by atoms with van der Waals surface area (Å²) in [6.45, 7) is 5.43. The lowest BCUT2D eigenvalue weighted by atomic mass is 10.3. The number of thiazole rings is 1. The molecule has 4 heterocycles. The van der Waals surface area contributed by atoms with E-state index in [1.807, 2.05) is 28.8 Å². The third kappa shape index (κ3) is 3.30. The molecule has 0 bridgehead atoms. The van der Waals surface area contributed by atoms with Gasteiger partial charge in [0.15, 0.2) is 5.13 Å². The summed E-state index contributed by atoms with van der Waals surface area (Å²) in [6.07, 6.45) is 1.90. The van der Waals surface area contributed by atoms with Gasteiger partial charge in [0.2, 0.25) is 5.82 Å². The van der Waals surface area contributed by atoms with Crippen molar-refractivity contribution in [3.63, 3.8) is 0 Å². The van der Waals surface area contributed by atoms with E-state index in [4.69, 9.17) is 9.72 Å². The Kier molecular flexibility index (Phi) is 4.79. The number of hydrogen-bond acceptors (Lipinski definition) is 7. The number of para-hydroxylation sites is 1. The predicted octanol–water partition coefficient (Wildman–Crippen LogP) is 1.81. The predicted molar refractivity (Wildman–Crippen MR) is 107 cm³/mol. The summed E-state index contributed by atoms with van der Waals surface area (Å²) in [6, 6.07) is 7.98. The number of morpholine rings is 1. The van der Waals surface area contributed by atoms with Crippen LogP contribution < -0.4 is 4.90 Å². The molecule has 0 aliphatic carbocycles. The van der Waals surface area contributed by atoms with E-state index >= 15 is 0 Å². The molecule has 0 radical (unpaired) electrons. The minimum absolute atomic E-state index is 0.118. The van der Waals surface area contributed by atoms with Crippen LogP contribution >= 0.6 is 11.3 Å². The van der Waals surface area contributed by atoms with E-state index in [9.17, 15) is 4.79 Å². The maximum atomic E-state index is 13.4. The van der Waals surface area contributed by atoms with Crippen molar-refractivity contribution in [2.75, 3.05) is 44.3 Å². The molecule has 2 aromatic heterocycles. The maximum absolute atomic E-state index is 13.4. The van der Waals surface area contributed by atoms with Crippen LogP contribution in [0.15, 0.2) is 24.3 Å². The number of carbonyl (C=O) groups excluding carboxylic acids is 1. The minimum Gasteiger partial charge on any atom is -0.379 e. The topological polar surface area (TPSA) is 76.4 Å². The molecule has 1 fully saturated rings. The van der Waals surface area contributed by atoms with Crippen LogP contribution in [0.2, 0.25) is 0 Å². The van der Waals surface area contributed by atoms with Crippen molar-refractivity contribution in [3.05, 3.63) is 35.9 Å². The monoisotopic (exact) mass is 398 g/mol. The zero-order valence-electron chi connectivity index (χ0n) is 15.6. The molecule has 0 N–H and O–H groups in total. The highest BCUT2D eigenvalue weighted by Gasteiger charge is 2.29. The average molecular weight is 398 g/mol. The molecule has 2 aliphatic rings. The molecule has 0 unspecified atom stereocenters. The summed E-state index contributed by atoms with van der Waals surface area (Å²) < 4.78 is 8.47. The summed E-state index contributed by atoms with van der Waals surface area (Å²) >= 11 is 1.54. The van der Waals surface area contributed by atoms with Crippen molar-refractivity contribution in [2.45, 2.75) is 19.4 Å². The van der Waals surface area contributed by atoms with Gasteiger partial charge in [0.1, 0.15) is 5.82 Å². The van der Waals surface area contributed by atoms with Gasteiger partial charge in [-0.2, -0.15) is 0 Å². The average Bonchev–Trinajstić information content (AvgIpc) is 3.44. The number of benzene rings is 1. The molecule has 28 heavy (non-hydrogen) atoms. The number of carbonyl (C=O) groups is 1. The number of hydrogen-bond donors (Lipinski definition) is 0. The molecule has 0 saturated carbocycles. The number of rotatable bonds is 5. The molecular formula is C19H22N6O2S. The number of aromatic nitrogens is 4. The Morgan fingerprint density at radius 2 is 2.04 bits per heavy atom. The normalized spacial score (nSPS) is 17.1. The van der Waals surface area contributed by atoms with Crippen molar-refractivity contribution in [2.24, 2.45) is 0 Å². The Morgan fingerprint density at radius 3 is 2.89 bits per heavy atom. The summed E-state index contributed by atoms with van der Waals surface area (Å²) in [5.74, 6) is 1.21. The molecule has 0 spiro atoms. The van der Waals surface area contributed by atoms with Crippen LogP contribution in [-0.2, 0) is 17.7 Å². The smallest absolute Gasteiger partial charge is 0.298 e. The first kappa shape index (κ1) is 17.7. The molecule has 9 heteroatoms. The SMILES string of the molecule is O=C(c1nnc2n1CCC2)N(CCN1CCOCC1)c1nc2ccccc2s1. The van der Waals surface area contributed by atoms with Gasteiger partial charge in [0.25, 0.3) is 5.91 Å². The first-order chi connectivity index (χ1) is 13.8. The van der Waals surface area contributed by atoms with E-state index in [-0.39, 0.29) is 5.91 Å². The number of ether oxygens (including phenoxy) is 1. The number of amides is 1. The molecule has 3 aromatic rings.